The highest BCUT2D eigenvalue weighted by Crippen LogP contribution is 2.21. The minimum Gasteiger partial charge on any atom is -0.393 e. The second-order valence-electron chi connectivity index (χ2n) is 5.09. The molecule has 16 heavy (non-hydrogen) atoms. The number of piperidine rings is 1. The molecule has 0 bridgehead atoms. The van der Waals surface area contributed by atoms with E-state index in [1.54, 1.807) is 18.7 Å². The Kier molecular flexibility index (Phi) is 5.73. The minimum atomic E-state index is -0.780. The number of carbonyl (C=O) groups excluding carboxylic acids is 1. The summed E-state index contributed by atoms with van der Waals surface area (Å²) in [5.74, 6) is 0.335. The van der Waals surface area contributed by atoms with E-state index < -0.39 is 5.54 Å². The summed E-state index contributed by atoms with van der Waals surface area (Å²) in [6.07, 6.45) is 1.48. The third-order valence-corrected chi connectivity index (χ3v) is 3.06. The van der Waals surface area contributed by atoms with E-state index in [0.29, 0.717) is 5.92 Å². The zero-order valence-corrected chi connectivity index (χ0v) is 11.1. The molecule has 1 heterocycles. The van der Waals surface area contributed by atoms with E-state index in [9.17, 15) is 9.90 Å². The largest absolute Gasteiger partial charge is 0.393 e. The van der Waals surface area contributed by atoms with Crippen molar-refractivity contribution in [3.8, 4) is 0 Å². The second kappa shape index (κ2) is 5.84. The van der Waals surface area contributed by atoms with Crippen molar-refractivity contribution in [1.82, 2.24) is 4.90 Å². The second-order valence-corrected chi connectivity index (χ2v) is 5.09. The van der Waals surface area contributed by atoms with Crippen LogP contribution in [0, 0.1) is 5.92 Å². The quantitative estimate of drug-likeness (QED) is 0.761. The van der Waals surface area contributed by atoms with E-state index in [-0.39, 0.29) is 24.4 Å². The molecule has 1 amide bonds. The Bertz CT molecular complexity index is 231. The van der Waals surface area contributed by atoms with Crippen LogP contribution in [0.1, 0.15) is 33.6 Å². The normalized spacial score (nSPS) is 20.2. The number of aliphatic hydroxyl groups is 1. The van der Waals surface area contributed by atoms with Gasteiger partial charge in [-0.05, 0) is 39.5 Å². The molecule has 1 aliphatic heterocycles. The van der Waals surface area contributed by atoms with Gasteiger partial charge in [0.2, 0.25) is 5.91 Å². The first-order chi connectivity index (χ1) is 6.82. The van der Waals surface area contributed by atoms with E-state index in [1.807, 2.05) is 6.92 Å². The maximum absolute atomic E-state index is 11.8. The molecule has 1 fully saturated rings. The van der Waals surface area contributed by atoms with Crippen molar-refractivity contribution in [2.75, 3.05) is 13.1 Å². The first-order valence-electron chi connectivity index (χ1n) is 5.58. The summed E-state index contributed by atoms with van der Waals surface area (Å²) in [7, 11) is 0. The fourth-order valence-electron chi connectivity index (χ4n) is 1.99. The predicted octanol–water partition coefficient (Wildman–Crippen LogP) is 0.765. The van der Waals surface area contributed by atoms with Crippen LogP contribution >= 0.6 is 12.4 Å². The average Bonchev–Trinajstić information content (AvgIpc) is 2.15. The molecule has 0 aromatic rings. The molecular formula is C11H23ClN2O2. The van der Waals surface area contributed by atoms with Crippen LogP contribution in [0.4, 0.5) is 0 Å². The topological polar surface area (TPSA) is 66.6 Å². The van der Waals surface area contributed by atoms with Crippen molar-refractivity contribution in [2.45, 2.75) is 45.3 Å². The van der Waals surface area contributed by atoms with Crippen LogP contribution in [0.3, 0.4) is 0 Å². The maximum atomic E-state index is 11.8. The van der Waals surface area contributed by atoms with Gasteiger partial charge in [0, 0.05) is 13.1 Å². The molecular weight excluding hydrogens is 228 g/mol. The number of nitrogens with zero attached hydrogens (tertiary/aromatic N) is 1. The number of carbonyl (C=O) groups is 1. The van der Waals surface area contributed by atoms with Crippen LogP contribution in [0.2, 0.25) is 0 Å². The van der Waals surface area contributed by atoms with E-state index in [4.69, 9.17) is 5.73 Å². The van der Waals surface area contributed by atoms with Gasteiger partial charge in [-0.25, -0.2) is 0 Å². The smallest absolute Gasteiger partial charge is 0.242 e. The Labute approximate surface area is 104 Å². The van der Waals surface area contributed by atoms with Gasteiger partial charge < -0.3 is 15.7 Å². The summed E-state index contributed by atoms with van der Waals surface area (Å²) in [4.78, 5) is 13.6. The standard InChI is InChI=1S/C11H22N2O2.ClH/c1-8(14)9-4-6-13(7-5-9)10(15)11(2,3)12;/h8-9,14H,4-7,12H2,1-3H3;1H. The summed E-state index contributed by atoms with van der Waals surface area (Å²) in [6.45, 7) is 6.71. The van der Waals surface area contributed by atoms with Gasteiger partial charge >= 0.3 is 0 Å². The number of nitrogens with two attached hydrogens (primary N) is 1. The Hall–Kier alpha value is -0.320. The average molecular weight is 251 g/mol. The molecule has 5 heteroatoms. The molecule has 0 radical (unpaired) electrons. The molecule has 0 spiro atoms. The Morgan fingerprint density at radius 1 is 1.44 bits per heavy atom. The molecule has 1 unspecified atom stereocenters. The lowest BCUT2D eigenvalue weighted by Crippen LogP contribution is -2.53. The number of hydrogen-bond donors (Lipinski definition) is 2. The number of likely N-dealkylation sites (tertiary alicyclic amines) is 1. The van der Waals surface area contributed by atoms with Crippen molar-refractivity contribution in [3.05, 3.63) is 0 Å². The first kappa shape index (κ1) is 15.7. The molecule has 0 aromatic carbocycles. The number of hydrogen-bond acceptors (Lipinski definition) is 3. The number of aliphatic hydroxyl groups excluding tert-OH is 1. The Balaban J connectivity index is 0.00000225. The molecule has 1 saturated heterocycles. The van der Waals surface area contributed by atoms with Gasteiger partial charge in [0.1, 0.15) is 0 Å². The van der Waals surface area contributed by atoms with Crippen molar-refractivity contribution < 1.29 is 9.90 Å². The van der Waals surface area contributed by atoms with E-state index in [1.165, 1.54) is 0 Å². The molecule has 1 rings (SSSR count). The van der Waals surface area contributed by atoms with Gasteiger partial charge in [-0.2, -0.15) is 0 Å². The highest BCUT2D eigenvalue weighted by molar-refractivity contribution is 5.85. The number of amides is 1. The van der Waals surface area contributed by atoms with Gasteiger partial charge in [0.05, 0.1) is 11.6 Å². The SMILES string of the molecule is CC(O)C1CCN(C(=O)C(C)(C)N)CC1.Cl. The Morgan fingerprint density at radius 2 is 1.88 bits per heavy atom. The van der Waals surface area contributed by atoms with Crippen molar-refractivity contribution in [1.29, 1.82) is 0 Å². The molecule has 0 saturated carbocycles. The van der Waals surface area contributed by atoms with Gasteiger partial charge in [0.25, 0.3) is 0 Å². The predicted molar refractivity (Wildman–Crippen MR) is 66.5 cm³/mol. The molecule has 96 valence electrons. The zero-order valence-electron chi connectivity index (χ0n) is 10.3. The van der Waals surface area contributed by atoms with E-state index in [2.05, 4.69) is 0 Å². The summed E-state index contributed by atoms with van der Waals surface area (Å²) in [5, 5.41) is 9.43. The van der Waals surface area contributed by atoms with Crippen molar-refractivity contribution in [3.63, 3.8) is 0 Å². The molecule has 1 atom stereocenters. The van der Waals surface area contributed by atoms with Gasteiger partial charge in [-0.15, -0.1) is 12.4 Å². The van der Waals surface area contributed by atoms with Crippen LogP contribution < -0.4 is 5.73 Å². The lowest BCUT2D eigenvalue weighted by Gasteiger charge is -2.36. The van der Waals surface area contributed by atoms with Crippen LogP contribution in [0.25, 0.3) is 0 Å². The van der Waals surface area contributed by atoms with Gasteiger partial charge in [-0.3, -0.25) is 4.79 Å². The third kappa shape index (κ3) is 3.92. The highest BCUT2D eigenvalue weighted by Gasteiger charge is 2.31. The summed E-state index contributed by atoms with van der Waals surface area (Å²) in [6, 6.07) is 0. The summed E-state index contributed by atoms with van der Waals surface area (Å²) >= 11 is 0. The number of halogens is 1. The molecule has 0 aliphatic carbocycles. The molecule has 0 aromatic heterocycles. The lowest BCUT2D eigenvalue weighted by atomic mass is 9.91. The number of rotatable bonds is 2. The fraction of sp³-hybridized carbons (Fsp3) is 0.909. The fourth-order valence-corrected chi connectivity index (χ4v) is 1.99. The molecule has 1 aliphatic rings. The van der Waals surface area contributed by atoms with Crippen LogP contribution in [-0.4, -0.2) is 40.6 Å². The van der Waals surface area contributed by atoms with Crippen molar-refractivity contribution in [2.24, 2.45) is 11.7 Å². The molecule has 3 N–H and O–H groups in total. The summed E-state index contributed by atoms with van der Waals surface area (Å²) < 4.78 is 0. The lowest BCUT2D eigenvalue weighted by molar-refractivity contribution is -0.137. The molecule has 4 nitrogen and oxygen atoms in total. The first-order valence-corrected chi connectivity index (χ1v) is 5.58. The van der Waals surface area contributed by atoms with Crippen LogP contribution in [0.15, 0.2) is 0 Å². The zero-order chi connectivity index (χ0) is 11.6. The Morgan fingerprint density at radius 3 is 2.19 bits per heavy atom. The summed E-state index contributed by atoms with van der Waals surface area (Å²) in [5.41, 5.74) is 4.98. The van der Waals surface area contributed by atoms with Crippen molar-refractivity contribution >= 4 is 18.3 Å². The third-order valence-electron chi connectivity index (χ3n) is 3.06. The highest BCUT2D eigenvalue weighted by atomic mass is 35.5. The van der Waals surface area contributed by atoms with Crippen LogP contribution in [0.5, 0.6) is 0 Å². The van der Waals surface area contributed by atoms with E-state index >= 15 is 0 Å². The maximum Gasteiger partial charge on any atom is 0.242 e. The monoisotopic (exact) mass is 250 g/mol. The van der Waals surface area contributed by atoms with E-state index in [0.717, 1.165) is 25.9 Å². The van der Waals surface area contributed by atoms with Gasteiger partial charge in [0.15, 0.2) is 0 Å². The minimum absolute atomic E-state index is 0. The van der Waals surface area contributed by atoms with Gasteiger partial charge in [-0.1, -0.05) is 0 Å². The van der Waals surface area contributed by atoms with Crippen LogP contribution in [-0.2, 0) is 4.79 Å².